The number of nitrogens with zero attached hydrogens (tertiary/aromatic N) is 2. The highest BCUT2D eigenvalue weighted by molar-refractivity contribution is 5.80. The highest BCUT2D eigenvalue weighted by atomic mass is 16.5. The van der Waals surface area contributed by atoms with Crippen LogP contribution in [0.4, 0.5) is 4.79 Å². The number of amides is 2. The van der Waals surface area contributed by atoms with Crippen LogP contribution in [0.5, 0.6) is 0 Å². The van der Waals surface area contributed by atoms with E-state index >= 15 is 0 Å². The maximum atomic E-state index is 11.7. The Bertz CT molecular complexity index is 285. The number of likely N-dealkylation sites (N-methyl/N-ethyl adjacent to an activating group) is 1. The van der Waals surface area contributed by atoms with E-state index in [1.54, 1.807) is 7.05 Å². The zero-order valence-corrected chi connectivity index (χ0v) is 9.47. The smallest absolute Gasteiger partial charge is 0.323 e. The Morgan fingerprint density at radius 1 is 1.50 bits per heavy atom. The minimum atomic E-state index is -1.09. The second-order valence-corrected chi connectivity index (χ2v) is 3.15. The number of methoxy groups -OCH3 is 1. The van der Waals surface area contributed by atoms with Crippen LogP contribution in [0.15, 0.2) is 0 Å². The van der Waals surface area contributed by atoms with Crippen molar-refractivity contribution in [3.8, 4) is 12.3 Å². The lowest BCUT2D eigenvalue weighted by molar-refractivity contribution is -0.137. The third kappa shape index (κ3) is 5.22. The van der Waals surface area contributed by atoms with E-state index in [1.807, 2.05) is 0 Å². The van der Waals surface area contributed by atoms with E-state index in [9.17, 15) is 9.59 Å². The van der Waals surface area contributed by atoms with E-state index in [0.717, 1.165) is 4.90 Å². The lowest BCUT2D eigenvalue weighted by Crippen LogP contribution is -2.44. The fraction of sp³-hybridized carbons (Fsp3) is 0.600. The van der Waals surface area contributed by atoms with Crippen molar-refractivity contribution in [1.82, 2.24) is 9.80 Å². The number of carbonyl (C=O) groups excluding carboxylic acids is 1. The number of urea groups is 1. The minimum absolute atomic E-state index is 0.0253. The number of carboxylic acid groups (broad SMARTS) is 1. The summed E-state index contributed by atoms with van der Waals surface area (Å²) in [5, 5.41) is 8.61. The molecular formula is C10H16N2O4. The molecule has 6 nitrogen and oxygen atoms in total. The van der Waals surface area contributed by atoms with Gasteiger partial charge in [-0.2, -0.15) is 0 Å². The van der Waals surface area contributed by atoms with Gasteiger partial charge < -0.3 is 19.6 Å². The first kappa shape index (κ1) is 14.3. The molecule has 0 spiro atoms. The summed E-state index contributed by atoms with van der Waals surface area (Å²) < 4.78 is 4.81. The average Bonchev–Trinajstić information content (AvgIpc) is 2.23. The molecule has 0 aliphatic heterocycles. The lowest BCUT2D eigenvalue weighted by Gasteiger charge is -2.25. The zero-order valence-electron chi connectivity index (χ0n) is 9.47. The highest BCUT2D eigenvalue weighted by Crippen LogP contribution is 1.96. The molecule has 0 aromatic rings. The first-order chi connectivity index (χ1) is 7.52. The molecule has 0 saturated carbocycles. The van der Waals surface area contributed by atoms with Crippen LogP contribution in [0.3, 0.4) is 0 Å². The van der Waals surface area contributed by atoms with Gasteiger partial charge in [-0.1, -0.05) is 5.92 Å². The van der Waals surface area contributed by atoms with Crippen molar-refractivity contribution in [2.45, 2.75) is 0 Å². The molecule has 0 saturated heterocycles. The van der Waals surface area contributed by atoms with Gasteiger partial charge in [-0.3, -0.25) is 4.79 Å². The molecule has 0 unspecified atom stereocenters. The maximum absolute atomic E-state index is 11.7. The van der Waals surface area contributed by atoms with Crippen molar-refractivity contribution in [3.63, 3.8) is 0 Å². The molecule has 0 aromatic heterocycles. The minimum Gasteiger partial charge on any atom is -0.480 e. The third-order valence-electron chi connectivity index (χ3n) is 1.84. The molecule has 0 atom stereocenters. The molecule has 16 heavy (non-hydrogen) atoms. The molecule has 0 rings (SSSR count). The first-order valence-electron chi connectivity index (χ1n) is 4.67. The zero-order chi connectivity index (χ0) is 12.6. The molecule has 0 bridgehead atoms. The van der Waals surface area contributed by atoms with Crippen LogP contribution in [-0.2, 0) is 9.53 Å². The van der Waals surface area contributed by atoms with Crippen molar-refractivity contribution in [3.05, 3.63) is 0 Å². The Hall–Kier alpha value is -1.74. The number of hydrogen-bond donors (Lipinski definition) is 1. The summed E-state index contributed by atoms with van der Waals surface area (Å²) in [5.74, 6) is 1.16. The molecular weight excluding hydrogens is 212 g/mol. The largest absolute Gasteiger partial charge is 0.480 e. The molecule has 90 valence electrons. The normalized spacial score (nSPS) is 9.31. The van der Waals surface area contributed by atoms with Gasteiger partial charge in [-0.05, 0) is 0 Å². The van der Waals surface area contributed by atoms with Crippen LogP contribution < -0.4 is 0 Å². The summed E-state index contributed by atoms with van der Waals surface area (Å²) in [4.78, 5) is 24.7. The monoisotopic (exact) mass is 228 g/mol. The number of aliphatic carboxylic acids is 1. The second kappa shape index (κ2) is 7.54. The van der Waals surface area contributed by atoms with Crippen LogP contribution in [0, 0.1) is 12.3 Å². The summed E-state index contributed by atoms with van der Waals surface area (Å²) >= 11 is 0. The van der Waals surface area contributed by atoms with Gasteiger partial charge in [0.25, 0.3) is 0 Å². The quantitative estimate of drug-likeness (QED) is 0.634. The SMILES string of the molecule is C#CCN(CC(=O)O)C(=O)N(C)CCOC. The van der Waals surface area contributed by atoms with Crippen molar-refractivity contribution in [1.29, 1.82) is 0 Å². The third-order valence-corrected chi connectivity index (χ3v) is 1.84. The van der Waals surface area contributed by atoms with E-state index in [1.165, 1.54) is 12.0 Å². The first-order valence-corrected chi connectivity index (χ1v) is 4.67. The molecule has 0 radical (unpaired) electrons. The molecule has 2 amide bonds. The summed E-state index contributed by atoms with van der Waals surface area (Å²) in [5.41, 5.74) is 0. The summed E-state index contributed by atoms with van der Waals surface area (Å²) in [7, 11) is 3.08. The lowest BCUT2D eigenvalue weighted by atomic mass is 10.4. The van der Waals surface area contributed by atoms with Crippen LogP contribution >= 0.6 is 0 Å². The molecule has 1 N–H and O–H groups in total. The summed E-state index contributed by atoms with van der Waals surface area (Å²) in [6.45, 7) is 0.345. The Kier molecular flexibility index (Phi) is 6.72. The molecule has 0 heterocycles. The number of terminal acetylenes is 1. The van der Waals surface area contributed by atoms with Crippen LogP contribution in [-0.4, -0.2) is 67.3 Å². The Labute approximate surface area is 94.8 Å². The van der Waals surface area contributed by atoms with Gasteiger partial charge in [0.05, 0.1) is 13.2 Å². The molecule has 0 aromatic carbocycles. The number of carboxylic acids is 1. The molecule has 6 heteroatoms. The number of ether oxygens (including phenoxy) is 1. The number of rotatable bonds is 6. The standard InChI is InChI=1S/C10H16N2O4/c1-4-5-12(8-9(13)14)10(15)11(2)6-7-16-3/h1H,5-8H2,2-3H3,(H,13,14). The summed E-state index contributed by atoms with van der Waals surface area (Å²) in [6, 6.07) is -0.419. The van der Waals surface area contributed by atoms with Crippen LogP contribution in [0.1, 0.15) is 0 Å². The van der Waals surface area contributed by atoms with Crippen LogP contribution in [0.2, 0.25) is 0 Å². The van der Waals surface area contributed by atoms with E-state index in [-0.39, 0.29) is 6.54 Å². The van der Waals surface area contributed by atoms with E-state index in [0.29, 0.717) is 13.2 Å². The van der Waals surface area contributed by atoms with Gasteiger partial charge in [0.2, 0.25) is 0 Å². The van der Waals surface area contributed by atoms with E-state index < -0.39 is 18.5 Å². The second-order valence-electron chi connectivity index (χ2n) is 3.15. The van der Waals surface area contributed by atoms with Crippen molar-refractivity contribution >= 4 is 12.0 Å². The van der Waals surface area contributed by atoms with Gasteiger partial charge in [0, 0.05) is 20.7 Å². The fourth-order valence-corrected chi connectivity index (χ4v) is 1.03. The van der Waals surface area contributed by atoms with Crippen LogP contribution in [0.25, 0.3) is 0 Å². The van der Waals surface area contributed by atoms with E-state index in [2.05, 4.69) is 5.92 Å². The topological polar surface area (TPSA) is 70.1 Å². The predicted octanol–water partition coefficient (Wildman–Crippen LogP) is -0.296. The molecule has 0 fully saturated rings. The molecule has 0 aliphatic carbocycles. The Morgan fingerprint density at radius 2 is 2.12 bits per heavy atom. The van der Waals surface area contributed by atoms with E-state index in [4.69, 9.17) is 16.3 Å². The van der Waals surface area contributed by atoms with Crippen molar-refractivity contribution < 1.29 is 19.4 Å². The van der Waals surface area contributed by atoms with Gasteiger partial charge in [-0.25, -0.2) is 4.79 Å². The average molecular weight is 228 g/mol. The van der Waals surface area contributed by atoms with Gasteiger partial charge in [-0.15, -0.1) is 6.42 Å². The van der Waals surface area contributed by atoms with Gasteiger partial charge in [0.15, 0.2) is 0 Å². The van der Waals surface area contributed by atoms with Gasteiger partial charge >= 0.3 is 12.0 Å². The summed E-state index contributed by atoms with van der Waals surface area (Å²) in [6.07, 6.45) is 5.06. The maximum Gasteiger partial charge on any atom is 0.323 e. The Morgan fingerprint density at radius 3 is 2.56 bits per heavy atom. The fourth-order valence-electron chi connectivity index (χ4n) is 1.03. The molecule has 0 aliphatic rings. The number of hydrogen-bond acceptors (Lipinski definition) is 3. The van der Waals surface area contributed by atoms with Crippen molar-refractivity contribution in [2.75, 3.05) is 40.4 Å². The van der Waals surface area contributed by atoms with Crippen molar-refractivity contribution in [2.24, 2.45) is 0 Å². The van der Waals surface area contributed by atoms with Gasteiger partial charge in [0.1, 0.15) is 6.54 Å². The Balaban J connectivity index is 4.36. The number of carbonyl (C=O) groups is 2. The predicted molar refractivity (Wildman–Crippen MR) is 57.9 cm³/mol. The highest BCUT2D eigenvalue weighted by Gasteiger charge is 2.19.